The molecule has 0 aliphatic carbocycles. The molecule has 0 saturated carbocycles. The SMILES string of the molecule is CC(=O)N1CCN(C(=O)c2cccn2CC(=O)NC(C)(C)C)CC1. The van der Waals surface area contributed by atoms with Gasteiger partial charge in [-0.15, -0.1) is 0 Å². The predicted octanol–water partition coefficient (Wildman–Crippen LogP) is 0.707. The third-order valence-corrected chi connectivity index (χ3v) is 3.89. The first-order chi connectivity index (χ1) is 11.2. The Morgan fingerprint density at radius 3 is 2.21 bits per heavy atom. The van der Waals surface area contributed by atoms with E-state index < -0.39 is 0 Å². The normalized spacial score (nSPS) is 15.3. The van der Waals surface area contributed by atoms with E-state index in [1.165, 1.54) is 6.92 Å². The molecule has 24 heavy (non-hydrogen) atoms. The lowest BCUT2D eigenvalue weighted by molar-refractivity contribution is -0.130. The van der Waals surface area contributed by atoms with Gasteiger partial charge in [0.2, 0.25) is 11.8 Å². The van der Waals surface area contributed by atoms with Gasteiger partial charge >= 0.3 is 0 Å². The van der Waals surface area contributed by atoms with Crippen LogP contribution in [0.3, 0.4) is 0 Å². The number of aromatic nitrogens is 1. The second-order valence-corrected chi connectivity index (χ2v) is 7.12. The molecule has 0 atom stereocenters. The van der Waals surface area contributed by atoms with Crippen LogP contribution in [0.4, 0.5) is 0 Å². The maximum atomic E-state index is 12.7. The van der Waals surface area contributed by atoms with Gasteiger partial charge in [-0.2, -0.15) is 0 Å². The summed E-state index contributed by atoms with van der Waals surface area (Å²) in [7, 11) is 0. The first kappa shape index (κ1) is 18.0. The lowest BCUT2D eigenvalue weighted by atomic mass is 10.1. The number of nitrogens with one attached hydrogen (secondary N) is 1. The van der Waals surface area contributed by atoms with Crippen LogP contribution in [0.5, 0.6) is 0 Å². The molecule has 1 aliphatic heterocycles. The molecule has 3 amide bonds. The van der Waals surface area contributed by atoms with Gasteiger partial charge in [-0.05, 0) is 32.9 Å². The van der Waals surface area contributed by atoms with Crippen LogP contribution in [0.15, 0.2) is 18.3 Å². The van der Waals surface area contributed by atoms with Crippen LogP contribution in [0.25, 0.3) is 0 Å². The molecule has 0 aromatic carbocycles. The lowest BCUT2D eigenvalue weighted by Gasteiger charge is -2.34. The fourth-order valence-corrected chi connectivity index (χ4v) is 2.75. The first-order valence-corrected chi connectivity index (χ1v) is 8.18. The number of hydrogen-bond donors (Lipinski definition) is 1. The maximum Gasteiger partial charge on any atom is 0.270 e. The summed E-state index contributed by atoms with van der Waals surface area (Å²) in [6.07, 6.45) is 1.74. The Hall–Kier alpha value is -2.31. The minimum Gasteiger partial charge on any atom is -0.350 e. The molecule has 0 radical (unpaired) electrons. The standard InChI is InChI=1S/C17H26N4O3/c1-13(22)19-8-10-20(11-9-19)16(24)14-6-5-7-21(14)12-15(23)18-17(2,3)4/h5-7H,8-12H2,1-4H3,(H,18,23). The highest BCUT2D eigenvalue weighted by molar-refractivity contribution is 5.93. The Morgan fingerprint density at radius 2 is 1.67 bits per heavy atom. The molecule has 0 unspecified atom stereocenters. The van der Waals surface area contributed by atoms with Gasteiger partial charge in [-0.1, -0.05) is 0 Å². The van der Waals surface area contributed by atoms with E-state index in [9.17, 15) is 14.4 Å². The van der Waals surface area contributed by atoms with Crippen LogP contribution in [-0.4, -0.2) is 63.8 Å². The molecule has 2 rings (SSSR count). The van der Waals surface area contributed by atoms with Crippen molar-refractivity contribution in [3.05, 3.63) is 24.0 Å². The third-order valence-electron chi connectivity index (χ3n) is 3.89. The van der Waals surface area contributed by atoms with E-state index in [-0.39, 0.29) is 29.8 Å². The Morgan fingerprint density at radius 1 is 1.08 bits per heavy atom. The Kier molecular flexibility index (Phi) is 5.31. The molecule has 1 aliphatic rings. The van der Waals surface area contributed by atoms with E-state index >= 15 is 0 Å². The summed E-state index contributed by atoms with van der Waals surface area (Å²) in [6.45, 7) is 9.52. The second-order valence-electron chi connectivity index (χ2n) is 7.12. The minimum atomic E-state index is -0.308. The zero-order valence-electron chi connectivity index (χ0n) is 14.8. The van der Waals surface area contributed by atoms with E-state index in [2.05, 4.69) is 5.32 Å². The number of piperazine rings is 1. The molecule has 1 saturated heterocycles. The Bertz CT molecular complexity index is 622. The van der Waals surface area contributed by atoms with Gasteiger partial charge in [-0.3, -0.25) is 14.4 Å². The molecule has 1 aromatic rings. The molecular weight excluding hydrogens is 308 g/mol. The predicted molar refractivity (Wildman–Crippen MR) is 90.5 cm³/mol. The van der Waals surface area contributed by atoms with Crippen LogP contribution in [0.1, 0.15) is 38.2 Å². The fourth-order valence-electron chi connectivity index (χ4n) is 2.75. The third kappa shape index (κ3) is 4.59. The summed E-state index contributed by atoms with van der Waals surface area (Å²) in [5.41, 5.74) is 0.188. The molecule has 7 heteroatoms. The number of carbonyl (C=O) groups is 3. The van der Waals surface area contributed by atoms with Crippen molar-refractivity contribution >= 4 is 17.7 Å². The van der Waals surface area contributed by atoms with Crippen LogP contribution in [0, 0.1) is 0 Å². The smallest absolute Gasteiger partial charge is 0.270 e. The topological polar surface area (TPSA) is 74.7 Å². The molecule has 7 nitrogen and oxygen atoms in total. The van der Waals surface area contributed by atoms with Crippen molar-refractivity contribution in [3.63, 3.8) is 0 Å². The molecule has 1 N–H and O–H groups in total. The molecule has 1 fully saturated rings. The molecular formula is C17H26N4O3. The van der Waals surface area contributed by atoms with Gasteiger partial charge in [0.05, 0.1) is 0 Å². The zero-order chi connectivity index (χ0) is 17.9. The summed E-state index contributed by atoms with van der Waals surface area (Å²) in [5.74, 6) is -0.203. The van der Waals surface area contributed by atoms with Crippen molar-refractivity contribution in [1.29, 1.82) is 0 Å². The quantitative estimate of drug-likeness (QED) is 0.884. The van der Waals surface area contributed by atoms with Gasteiger partial charge in [0.25, 0.3) is 5.91 Å². The molecule has 2 heterocycles. The van der Waals surface area contributed by atoms with E-state index in [0.717, 1.165) is 0 Å². The van der Waals surface area contributed by atoms with Crippen molar-refractivity contribution in [2.45, 2.75) is 39.8 Å². The maximum absolute atomic E-state index is 12.7. The Labute approximate surface area is 142 Å². The van der Waals surface area contributed by atoms with Gasteiger partial charge in [-0.25, -0.2) is 0 Å². The van der Waals surface area contributed by atoms with Gasteiger partial charge < -0.3 is 19.7 Å². The average molecular weight is 334 g/mol. The Balaban J connectivity index is 2.01. The minimum absolute atomic E-state index is 0.0318. The monoisotopic (exact) mass is 334 g/mol. The first-order valence-electron chi connectivity index (χ1n) is 8.18. The zero-order valence-corrected chi connectivity index (χ0v) is 14.8. The summed E-state index contributed by atoms with van der Waals surface area (Å²) >= 11 is 0. The van der Waals surface area contributed by atoms with E-state index in [1.54, 1.807) is 32.7 Å². The van der Waals surface area contributed by atoms with Crippen LogP contribution in [-0.2, 0) is 16.1 Å². The van der Waals surface area contributed by atoms with Gasteiger partial charge in [0, 0.05) is 44.8 Å². The highest BCUT2D eigenvalue weighted by atomic mass is 16.2. The molecule has 132 valence electrons. The van der Waals surface area contributed by atoms with Crippen molar-refractivity contribution < 1.29 is 14.4 Å². The van der Waals surface area contributed by atoms with Gasteiger partial charge in [0.1, 0.15) is 12.2 Å². The number of nitrogens with zero attached hydrogens (tertiary/aromatic N) is 3. The van der Waals surface area contributed by atoms with E-state index in [1.807, 2.05) is 20.8 Å². The number of carbonyl (C=O) groups excluding carboxylic acids is 3. The second kappa shape index (κ2) is 7.07. The van der Waals surface area contributed by atoms with Crippen LogP contribution < -0.4 is 5.32 Å². The lowest BCUT2D eigenvalue weighted by Crippen LogP contribution is -2.50. The van der Waals surface area contributed by atoms with E-state index in [4.69, 9.17) is 0 Å². The molecule has 0 bridgehead atoms. The highest BCUT2D eigenvalue weighted by Gasteiger charge is 2.25. The highest BCUT2D eigenvalue weighted by Crippen LogP contribution is 2.11. The van der Waals surface area contributed by atoms with E-state index in [0.29, 0.717) is 31.9 Å². The van der Waals surface area contributed by atoms with Crippen LogP contribution >= 0.6 is 0 Å². The van der Waals surface area contributed by atoms with Crippen molar-refractivity contribution in [2.24, 2.45) is 0 Å². The summed E-state index contributed by atoms with van der Waals surface area (Å²) in [6, 6.07) is 3.49. The van der Waals surface area contributed by atoms with Crippen LogP contribution in [0.2, 0.25) is 0 Å². The molecule has 1 aromatic heterocycles. The summed E-state index contributed by atoms with van der Waals surface area (Å²) < 4.78 is 1.67. The van der Waals surface area contributed by atoms with Crippen molar-refractivity contribution in [2.75, 3.05) is 26.2 Å². The fraction of sp³-hybridized carbons (Fsp3) is 0.588. The number of amides is 3. The molecule has 0 spiro atoms. The number of rotatable bonds is 3. The number of hydrogen-bond acceptors (Lipinski definition) is 3. The van der Waals surface area contributed by atoms with Crippen molar-refractivity contribution in [1.82, 2.24) is 19.7 Å². The summed E-state index contributed by atoms with van der Waals surface area (Å²) in [5, 5.41) is 2.89. The van der Waals surface area contributed by atoms with Gasteiger partial charge in [0.15, 0.2) is 0 Å². The average Bonchev–Trinajstić information content (AvgIpc) is 2.92. The summed E-state index contributed by atoms with van der Waals surface area (Å²) in [4.78, 5) is 39.6. The largest absolute Gasteiger partial charge is 0.350 e. The van der Waals surface area contributed by atoms with Crippen molar-refractivity contribution in [3.8, 4) is 0 Å².